The Morgan fingerprint density at radius 1 is 1.47 bits per heavy atom. The van der Waals surface area contributed by atoms with Gasteiger partial charge in [0.25, 0.3) is 0 Å². The van der Waals surface area contributed by atoms with Crippen LogP contribution in [0.4, 0.5) is 10.1 Å². The zero-order valence-corrected chi connectivity index (χ0v) is 10.4. The minimum absolute atomic E-state index is 0.00808. The van der Waals surface area contributed by atoms with Gasteiger partial charge in [0.2, 0.25) is 10.0 Å². The van der Waals surface area contributed by atoms with Crippen molar-refractivity contribution < 1.29 is 12.8 Å². The van der Waals surface area contributed by atoms with Crippen LogP contribution >= 0.6 is 0 Å². The van der Waals surface area contributed by atoms with Crippen LogP contribution < -0.4 is 5.73 Å². The molecule has 1 heterocycles. The molecule has 1 atom stereocenters. The standard InChI is InChI=1S/C11H15FN2O2S/c1-8-3-2-6-14(8)17(15,16)9-4-5-10(12)11(13)7-9/h4-5,7-8H,2-3,6,13H2,1H3. The first-order chi connectivity index (χ1) is 7.93. The van der Waals surface area contributed by atoms with E-state index in [1.807, 2.05) is 6.92 Å². The van der Waals surface area contributed by atoms with E-state index >= 15 is 0 Å². The van der Waals surface area contributed by atoms with E-state index < -0.39 is 15.8 Å². The van der Waals surface area contributed by atoms with Crippen LogP contribution in [0.25, 0.3) is 0 Å². The van der Waals surface area contributed by atoms with Gasteiger partial charge in [-0.25, -0.2) is 12.8 Å². The lowest BCUT2D eigenvalue weighted by Gasteiger charge is -2.21. The molecule has 94 valence electrons. The van der Waals surface area contributed by atoms with Gasteiger partial charge in [0.15, 0.2) is 0 Å². The molecule has 1 saturated heterocycles. The smallest absolute Gasteiger partial charge is 0.243 e. The van der Waals surface area contributed by atoms with Crippen LogP contribution in [-0.2, 0) is 10.0 Å². The Balaban J connectivity index is 2.41. The van der Waals surface area contributed by atoms with Gasteiger partial charge in [-0.05, 0) is 38.0 Å². The second-order valence-corrected chi connectivity index (χ2v) is 6.18. The third-order valence-corrected chi connectivity index (χ3v) is 5.08. The van der Waals surface area contributed by atoms with Crippen LogP contribution in [0.1, 0.15) is 19.8 Å². The Kier molecular flexibility index (Phi) is 3.09. The van der Waals surface area contributed by atoms with E-state index in [2.05, 4.69) is 0 Å². The summed E-state index contributed by atoms with van der Waals surface area (Å²) in [4.78, 5) is 0.0603. The van der Waals surface area contributed by atoms with Gasteiger partial charge in [-0.1, -0.05) is 0 Å². The lowest BCUT2D eigenvalue weighted by atomic mass is 10.3. The molecule has 1 aromatic rings. The normalized spacial score (nSPS) is 21.9. The van der Waals surface area contributed by atoms with Crippen molar-refractivity contribution in [1.29, 1.82) is 0 Å². The maximum absolute atomic E-state index is 13.0. The topological polar surface area (TPSA) is 63.4 Å². The van der Waals surface area contributed by atoms with Crippen LogP contribution in [0.3, 0.4) is 0 Å². The van der Waals surface area contributed by atoms with Gasteiger partial charge < -0.3 is 5.73 Å². The summed E-state index contributed by atoms with van der Waals surface area (Å²) in [5.41, 5.74) is 5.25. The van der Waals surface area contributed by atoms with Crippen molar-refractivity contribution in [3.8, 4) is 0 Å². The van der Waals surface area contributed by atoms with Crippen LogP contribution in [-0.4, -0.2) is 25.3 Å². The average molecular weight is 258 g/mol. The molecule has 1 aliphatic rings. The number of hydrogen-bond acceptors (Lipinski definition) is 3. The molecule has 1 unspecified atom stereocenters. The van der Waals surface area contributed by atoms with E-state index in [1.165, 1.54) is 16.4 Å². The summed E-state index contributed by atoms with van der Waals surface area (Å²) in [6, 6.07) is 3.51. The molecule has 6 heteroatoms. The molecular formula is C11H15FN2O2S. The molecule has 1 aliphatic heterocycles. The van der Waals surface area contributed by atoms with Crippen molar-refractivity contribution >= 4 is 15.7 Å². The van der Waals surface area contributed by atoms with Crippen LogP contribution in [0.2, 0.25) is 0 Å². The van der Waals surface area contributed by atoms with Crippen molar-refractivity contribution in [2.24, 2.45) is 0 Å². The molecule has 1 aromatic carbocycles. The minimum atomic E-state index is -3.54. The maximum atomic E-state index is 13.0. The molecule has 2 rings (SSSR count). The zero-order valence-electron chi connectivity index (χ0n) is 9.56. The van der Waals surface area contributed by atoms with Gasteiger partial charge in [-0.15, -0.1) is 0 Å². The summed E-state index contributed by atoms with van der Waals surface area (Å²) in [7, 11) is -3.54. The summed E-state index contributed by atoms with van der Waals surface area (Å²) < 4.78 is 39.0. The van der Waals surface area contributed by atoms with Gasteiger partial charge in [0, 0.05) is 12.6 Å². The number of rotatable bonds is 2. The summed E-state index contributed by atoms with van der Waals surface area (Å²) in [5.74, 6) is -0.599. The molecule has 0 saturated carbocycles. The van der Waals surface area contributed by atoms with Gasteiger partial charge in [-0.3, -0.25) is 0 Å². The number of hydrogen-bond donors (Lipinski definition) is 1. The minimum Gasteiger partial charge on any atom is -0.396 e. The molecule has 0 bridgehead atoms. The molecule has 2 N–H and O–H groups in total. The van der Waals surface area contributed by atoms with E-state index in [4.69, 9.17) is 5.73 Å². The SMILES string of the molecule is CC1CCCN1S(=O)(=O)c1ccc(F)c(N)c1. The molecule has 0 radical (unpaired) electrons. The summed E-state index contributed by atoms with van der Waals surface area (Å²) in [6.45, 7) is 2.39. The number of nitrogen functional groups attached to an aromatic ring is 1. The van der Waals surface area contributed by atoms with Crippen molar-refractivity contribution in [2.45, 2.75) is 30.7 Å². The van der Waals surface area contributed by atoms with E-state index in [-0.39, 0.29) is 16.6 Å². The number of halogens is 1. The highest BCUT2D eigenvalue weighted by Gasteiger charge is 2.32. The molecule has 4 nitrogen and oxygen atoms in total. The second-order valence-electron chi connectivity index (χ2n) is 4.29. The van der Waals surface area contributed by atoms with Gasteiger partial charge in [0.05, 0.1) is 10.6 Å². The number of sulfonamides is 1. The summed E-state index contributed by atoms with van der Waals surface area (Å²) >= 11 is 0. The fourth-order valence-corrected chi connectivity index (χ4v) is 3.82. The van der Waals surface area contributed by atoms with Gasteiger partial charge >= 0.3 is 0 Å². The van der Waals surface area contributed by atoms with Crippen molar-refractivity contribution in [3.05, 3.63) is 24.0 Å². The number of nitrogens with two attached hydrogens (primary N) is 1. The number of benzene rings is 1. The van der Waals surface area contributed by atoms with Crippen molar-refractivity contribution in [3.63, 3.8) is 0 Å². The Bertz CT molecular complexity index is 530. The monoisotopic (exact) mass is 258 g/mol. The summed E-state index contributed by atoms with van der Waals surface area (Å²) in [6.07, 6.45) is 1.72. The molecule has 1 fully saturated rings. The predicted molar refractivity (Wildman–Crippen MR) is 63.4 cm³/mol. The maximum Gasteiger partial charge on any atom is 0.243 e. The van der Waals surface area contributed by atoms with E-state index in [1.54, 1.807) is 0 Å². The third kappa shape index (κ3) is 2.14. The van der Waals surface area contributed by atoms with E-state index in [9.17, 15) is 12.8 Å². The molecule has 0 aliphatic carbocycles. The first-order valence-electron chi connectivity index (χ1n) is 5.50. The molecule has 0 amide bonds. The molecule has 17 heavy (non-hydrogen) atoms. The number of nitrogens with zero attached hydrogens (tertiary/aromatic N) is 1. The van der Waals surface area contributed by atoms with Gasteiger partial charge in [0.1, 0.15) is 5.82 Å². The van der Waals surface area contributed by atoms with Gasteiger partial charge in [-0.2, -0.15) is 4.31 Å². The Morgan fingerprint density at radius 3 is 2.71 bits per heavy atom. The highest BCUT2D eigenvalue weighted by atomic mass is 32.2. The lowest BCUT2D eigenvalue weighted by molar-refractivity contribution is 0.408. The Morgan fingerprint density at radius 2 is 2.18 bits per heavy atom. The highest BCUT2D eigenvalue weighted by Crippen LogP contribution is 2.27. The molecule has 0 spiro atoms. The Labute approximate surface area is 100 Å². The first-order valence-corrected chi connectivity index (χ1v) is 6.94. The largest absolute Gasteiger partial charge is 0.396 e. The highest BCUT2D eigenvalue weighted by molar-refractivity contribution is 7.89. The van der Waals surface area contributed by atoms with Crippen LogP contribution in [0.15, 0.2) is 23.1 Å². The number of anilines is 1. The van der Waals surface area contributed by atoms with Crippen molar-refractivity contribution in [2.75, 3.05) is 12.3 Å². The average Bonchev–Trinajstić information content (AvgIpc) is 2.69. The molecule has 0 aromatic heterocycles. The second kappa shape index (κ2) is 4.27. The van der Waals surface area contributed by atoms with Crippen LogP contribution in [0.5, 0.6) is 0 Å². The fraction of sp³-hybridized carbons (Fsp3) is 0.455. The fourth-order valence-electron chi connectivity index (χ4n) is 2.08. The quantitative estimate of drug-likeness (QED) is 0.819. The third-order valence-electron chi connectivity index (χ3n) is 3.07. The van der Waals surface area contributed by atoms with E-state index in [0.717, 1.165) is 18.9 Å². The van der Waals surface area contributed by atoms with E-state index in [0.29, 0.717) is 6.54 Å². The lowest BCUT2D eigenvalue weighted by Crippen LogP contribution is -2.33. The first kappa shape index (κ1) is 12.3. The zero-order chi connectivity index (χ0) is 12.6. The summed E-state index contributed by atoms with van der Waals surface area (Å²) in [5, 5.41) is 0. The molecular weight excluding hydrogens is 243 g/mol. The van der Waals surface area contributed by atoms with Crippen molar-refractivity contribution in [1.82, 2.24) is 4.31 Å². The Hall–Kier alpha value is -1.14. The predicted octanol–water partition coefficient (Wildman–Crippen LogP) is 1.58. The van der Waals surface area contributed by atoms with Crippen LogP contribution in [0, 0.1) is 5.82 Å².